The summed E-state index contributed by atoms with van der Waals surface area (Å²) in [4.78, 5) is 47.3. The second-order valence-corrected chi connectivity index (χ2v) is 12.2. The Morgan fingerprint density at radius 2 is 1.11 bits per heavy atom. The predicted octanol–water partition coefficient (Wildman–Crippen LogP) is 7.88. The first-order valence-electron chi connectivity index (χ1n) is 16.8. The summed E-state index contributed by atoms with van der Waals surface area (Å²) in [5.74, 6) is -1.82. The first-order valence-corrected chi connectivity index (χ1v) is 16.8. The summed E-state index contributed by atoms with van der Waals surface area (Å²) in [6.45, 7) is 0. The Labute approximate surface area is 305 Å². The summed E-state index contributed by atoms with van der Waals surface area (Å²) in [7, 11) is 4.68. The number of amides is 2. The number of carboxylic acids is 2. The number of nitrogens with one attached hydrogen (secondary N) is 2. The quantitative estimate of drug-likeness (QED) is 0.121. The van der Waals surface area contributed by atoms with Crippen molar-refractivity contribution in [1.29, 1.82) is 0 Å². The minimum atomic E-state index is -1.10. The molecule has 4 N–H and O–H groups in total. The maximum Gasteiger partial charge on any atom is 0.332 e. The smallest absolute Gasteiger partial charge is 0.332 e. The van der Waals surface area contributed by atoms with Crippen LogP contribution in [0.2, 0.25) is 0 Å². The molecule has 53 heavy (non-hydrogen) atoms. The van der Waals surface area contributed by atoms with Gasteiger partial charge in [0.2, 0.25) is 0 Å². The van der Waals surface area contributed by atoms with Gasteiger partial charge in [-0.15, -0.1) is 0 Å². The monoisotopic (exact) mass is 722 g/mol. The molecule has 6 rings (SSSR count). The molecule has 2 aliphatic rings. The molecule has 0 bridgehead atoms. The van der Waals surface area contributed by atoms with Crippen molar-refractivity contribution < 1.29 is 48.0 Å². The SMILES string of the molecule is COc1cccc(-c2ccc(NC(=O)C3=C(C(=O)O)CCC3)c(OC)c2)c1.COc1ccccc1-c1ccc(NC(=O)C2=C(C(=O)O)CCC2)c(F)c1. The lowest BCUT2D eigenvalue weighted by atomic mass is 10.0. The zero-order chi connectivity index (χ0) is 38.1. The molecule has 12 heteroatoms. The lowest BCUT2D eigenvalue weighted by Crippen LogP contribution is -2.17. The molecule has 0 aromatic heterocycles. The fraction of sp³-hybridized carbons (Fsp3) is 0.220. The van der Waals surface area contributed by atoms with Crippen LogP contribution in [0.25, 0.3) is 22.3 Å². The van der Waals surface area contributed by atoms with Gasteiger partial charge >= 0.3 is 11.9 Å². The van der Waals surface area contributed by atoms with Gasteiger partial charge in [0.25, 0.3) is 11.8 Å². The third-order valence-electron chi connectivity index (χ3n) is 8.99. The van der Waals surface area contributed by atoms with Crippen molar-refractivity contribution in [3.05, 3.63) is 113 Å². The summed E-state index contributed by atoms with van der Waals surface area (Å²) in [6.07, 6.45) is 2.92. The Bertz CT molecular complexity index is 2120. The first kappa shape index (κ1) is 37.8. The molecule has 4 aromatic carbocycles. The first-order chi connectivity index (χ1) is 25.5. The number of hydrogen-bond acceptors (Lipinski definition) is 7. The molecule has 4 aromatic rings. The van der Waals surface area contributed by atoms with Crippen LogP contribution in [0.4, 0.5) is 15.8 Å². The van der Waals surface area contributed by atoms with Crippen molar-refractivity contribution in [2.24, 2.45) is 0 Å². The van der Waals surface area contributed by atoms with Crippen molar-refractivity contribution in [1.82, 2.24) is 0 Å². The second-order valence-electron chi connectivity index (χ2n) is 12.2. The van der Waals surface area contributed by atoms with Gasteiger partial charge in [0, 0.05) is 27.9 Å². The average molecular weight is 723 g/mol. The van der Waals surface area contributed by atoms with E-state index in [9.17, 15) is 28.7 Å². The number of hydrogen-bond donors (Lipinski definition) is 4. The second kappa shape index (κ2) is 17.2. The van der Waals surface area contributed by atoms with Gasteiger partial charge in [-0.25, -0.2) is 14.0 Å². The lowest BCUT2D eigenvalue weighted by Gasteiger charge is -2.13. The Balaban J connectivity index is 0.000000204. The van der Waals surface area contributed by atoms with Crippen molar-refractivity contribution in [2.45, 2.75) is 38.5 Å². The van der Waals surface area contributed by atoms with Gasteiger partial charge in [-0.05, 0) is 97.7 Å². The van der Waals surface area contributed by atoms with Crippen LogP contribution in [0.5, 0.6) is 17.2 Å². The van der Waals surface area contributed by atoms with Crippen LogP contribution >= 0.6 is 0 Å². The molecule has 0 heterocycles. The molecule has 0 saturated heterocycles. The van der Waals surface area contributed by atoms with Crippen LogP contribution < -0.4 is 24.8 Å². The number of ether oxygens (including phenoxy) is 3. The topological polar surface area (TPSA) is 160 Å². The van der Waals surface area contributed by atoms with Crippen LogP contribution in [0.3, 0.4) is 0 Å². The third kappa shape index (κ3) is 8.90. The Morgan fingerprint density at radius 1 is 0.566 bits per heavy atom. The Morgan fingerprint density at radius 3 is 1.70 bits per heavy atom. The van der Waals surface area contributed by atoms with E-state index in [2.05, 4.69) is 10.6 Å². The fourth-order valence-corrected chi connectivity index (χ4v) is 6.30. The number of carboxylic acid groups (broad SMARTS) is 2. The van der Waals surface area contributed by atoms with Crippen molar-refractivity contribution in [3.63, 3.8) is 0 Å². The molecular weight excluding hydrogens is 683 g/mol. The van der Waals surface area contributed by atoms with Gasteiger partial charge in [-0.3, -0.25) is 9.59 Å². The normalized spacial score (nSPS) is 13.5. The number of aliphatic carboxylic acids is 2. The number of rotatable bonds is 11. The van der Waals surface area contributed by atoms with Gasteiger partial charge in [0.05, 0.1) is 32.7 Å². The zero-order valence-corrected chi connectivity index (χ0v) is 29.5. The molecule has 274 valence electrons. The van der Waals surface area contributed by atoms with E-state index in [0.717, 1.165) is 22.4 Å². The highest BCUT2D eigenvalue weighted by molar-refractivity contribution is 6.10. The number of para-hydroxylation sites is 1. The summed E-state index contributed by atoms with van der Waals surface area (Å²) in [5, 5.41) is 23.6. The van der Waals surface area contributed by atoms with Crippen molar-refractivity contribution >= 4 is 35.1 Å². The molecule has 0 unspecified atom stereocenters. The van der Waals surface area contributed by atoms with E-state index in [-0.39, 0.29) is 22.4 Å². The summed E-state index contributed by atoms with van der Waals surface area (Å²) in [6, 6.07) is 24.8. The molecule has 0 spiro atoms. The van der Waals surface area contributed by atoms with Gasteiger partial charge in [-0.1, -0.05) is 42.5 Å². The molecular formula is C41H39FN2O9. The number of carbonyl (C=O) groups excluding carboxylic acids is 2. The van der Waals surface area contributed by atoms with Crippen LogP contribution in [-0.4, -0.2) is 55.3 Å². The zero-order valence-electron chi connectivity index (χ0n) is 29.5. The number of carbonyl (C=O) groups is 4. The molecule has 0 saturated carbocycles. The van der Waals surface area contributed by atoms with Crippen LogP contribution in [-0.2, 0) is 19.2 Å². The Kier molecular flexibility index (Phi) is 12.3. The van der Waals surface area contributed by atoms with Gasteiger partial charge in [0.15, 0.2) is 0 Å². The van der Waals surface area contributed by atoms with Crippen molar-refractivity contribution in [3.8, 4) is 39.5 Å². The summed E-state index contributed by atoms with van der Waals surface area (Å²) in [5.41, 5.74) is 4.58. The maximum absolute atomic E-state index is 14.5. The van der Waals surface area contributed by atoms with Crippen molar-refractivity contribution in [2.75, 3.05) is 32.0 Å². The standard InChI is InChI=1S/C21H21NO5.C20H18FNO4/c1-26-15-6-3-5-13(11-15)14-9-10-18(19(12-14)27-2)22-20(23)16-7-4-8-17(16)21(24)25;1-26-18-8-3-2-5-13(18)12-9-10-17(16(21)11-12)22-19(23)14-6-4-7-15(14)20(24)25/h3,5-6,9-12H,4,7-8H2,1-2H3,(H,22,23)(H,24,25);2-3,5,8-11H,4,6-7H2,1H3,(H,22,23)(H,24,25). The van der Waals surface area contributed by atoms with Crippen LogP contribution in [0, 0.1) is 5.82 Å². The van der Waals surface area contributed by atoms with Crippen LogP contribution in [0.1, 0.15) is 38.5 Å². The highest BCUT2D eigenvalue weighted by Crippen LogP contribution is 2.35. The van der Waals surface area contributed by atoms with Gasteiger partial charge in [0.1, 0.15) is 23.1 Å². The molecule has 0 aliphatic heterocycles. The molecule has 2 amide bonds. The van der Waals surface area contributed by atoms with Gasteiger partial charge in [-0.2, -0.15) is 0 Å². The molecule has 0 radical (unpaired) electrons. The van der Waals surface area contributed by atoms with E-state index < -0.39 is 29.6 Å². The average Bonchev–Trinajstić information content (AvgIpc) is 3.88. The van der Waals surface area contributed by atoms with E-state index in [1.54, 1.807) is 32.4 Å². The van der Waals surface area contributed by atoms with E-state index in [0.29, 0.717) is 66.8 Å². The minimum absolute atomic E-state index is 0.0118. The summed E-state index contributed by atoms with van der Waals surface area (Å²) >= 11 is 0. The van der Waals surface area contributed by atoms with Crippen LogP contribution in [0.15, 0.2) is 107 Å². The van der Waals surface area contributed by atoms with E-state index in [4.69, 9.17) is 19.3 Å². The number of halogens is 1. The molecule has 2 aliphatic carbocycles. The number of methoxy groups -OCH3 is 3. The van der Waals surface area contributed by atoms with E-state index >= 15 is 0 Å². The van der Waals surface area contributed by atoms with E-state index in [1.807, 2.05) is 54.6 Å². The fourth-order valence-electron chi connectivity index (χ4n) is 6.30. The molecule has 0 atom stereocenters. The van der Waals surface area contributed by atoms with Gasteiger partial charge < -0.3 is 35.1 Å². The third-order valence-corrected chi connectivity index (χ3v) is 8.99. The molecule has 0 fully saturated rings. The predicted molar refractivity (Wildman–Crippen MR) is 198 cm³/mol. The largest absolute Gasteiger partial charge is 0.497 e. The highest BCUT2D eigenvalue weighted by atomic mass is 19.1. The highest BCUT2D eigenvalue weighted by Gasteiger charge is 2.27. The van der Waals surface area contributed by atoms with E-state index in [1.165, 1.54) is 19.2 Å². The Hall–Kier alpha value is -6.43. The number of benzene rings is 4. The maximum atomic E-state index is 14.5. The minimum Gasteiger partial charge on any atom is -0.497 e. The lowest BCUT2D eigenvalue weighted by molar-refractivity contribution is -0.133. The number of anilines is 2. The molecule has 11 nitrogen and oxygen atoms in total. The summed E-state index contributed by atoms with van der Waals surface area (Å²) < 4.78 is 30.4.